The summed E-state index contributed by atoms with van der Waals surface area (Å²) in [5.74, 6) is -0.892. The molecule has 0 fully saturated rings. The molecule has 0 aliphatic heterocycles. The molecule has 78 heavy (non-hydrogen) atoms. The van der Waals surface area contributed by atoms with E-state index in [1.165, 1.54) is 173 Å². The minimum Gasteiger partial charge on any atom is -0.462 e. The van der Waals surface area contributed by atoms with Gasteiger partial charge >= 0.3 is 17.9 Å². The van der Waals surface area contributed by atoms with E-state index in [4.69, 9.17) is 14.2 Å². The molecule has 448 valence electrons. The standard InChI is InChI=1S/C72H124O6/c1-4-7-10-13-16-18-20-22-24-26-28-30-32-33-34-35-36-37-38-39-41-42-44-46-48-50-52-54-56-59-62-65-71(74)77-68-69(67-76-70(73)64-61-58-15-12-9-6-3)78-72(75)66-63-60-57-55-53-51-49-47-45-43-40-31-29-27-25-23-21-19-17-14-11-8-5-2/h8,11,17,19-20,22-23,25-26,28-29,31-33,43,45,69H,4-7,9-10,12-16,18,21,24,27,30,34-42,44,46-68H2,1-3H3/b11-8-,19-17-,22-20-,25-23-,28-26-,31-29-,33-32-,45-43-. The van der Waals surface area contributed by atoms with E-state index in [2.05, 4.69) is 118 Å². The lowest BCUT2D eigenvalue weighted by Gasteiger charge is -2.18. The summed E-state index contributed by atoms with van der Waals surface area (Å²) in [6.45, 7) is 6.47. The molecule has 6 heteroatoms. The Morgan fingerprint density at radius 1 is 0.269 bits per heavy atom. The molecule has 1 atom stereocenters. The summed E-state index contributed by atoms with van der Waals surface area (Å²) < 4.78 is 16.8. The Hall–Kier alpha value is -3.67. The van der Waals surface area contributed by atoms with Gasteiger partial charge < -0.3 is 14.2 Å². The third-order valence-corrected chi connectivity index (χ3v) is 14.3. The first-order valence-corrected chi connectivity index (χ1v) is 33.2. The van der Waals surface area contributed by atoms with E-state index in [-0.39, 0.29) is 31.1 Å². The number of rotatable bonds is 60. The molecule has 0 bridgehead atoms. The Labute approximate surface area is 483 Å². The van der Waals surface area contributed by atoms with Crippen molar-refractivity contribution in [3.63, 3.8) is 0 Å². The van der Waals surface area contributed by atoms with Crippen LogP contribution in [0.2, 0.25) is 0 Å². The molecule has 0 radical (unpaired) electrons. The van der Waals surface area contributed by atoms with Gasteiger partial charge in [0.2, 0.25) is 0 Å². The van der Waals surface area contributed by atoms with Crippen LogP contribution in [0.3, 0.4) is 0 Å². The van der Waals surface area contributed by atoms with E-state index in [0.29, 0.717) is 19.3 Å². The number of hydrogen-bond donors (Lipinski definition) is 0. The first-order chi connectivity index (χ1) is 38.5. The first-order valence-electron chi connectivity index (χ1n) is 33.2. The molecule has 0 aliphatic carbocycles. The number of carbonyl (C=O) groups is 3. The van der Waals surface area contributed by atoms with Gasteiger partial charge in [0.25, 0.3) is 0 Å². The number of unbranched alkanes of at least 4 members (excludes halogenated alkanes) is 33. The van der Waals surface area contributed by atoms with Gasteiger partial charge in [0.05, 0.1) is 0 Å². The summed E-state index contributed by atoms with van der Waals surface area (Å²) in [6.07, 6.45) is 88.9. The van der Waals surface area contributed by atoms with Crippen LogP contribution in [0.5, 0.6) is 0 Å². The summed E-state index contributed by atoms with van der Waals surface area (Å²) in [5.41, 5.74) is 0. The van der Waals surface area contributed by atoms with Crippen molar-refractivity contribution in [3.05, 3.63) is 97.2 Å². The van der Waals surface area contributed by atoms with Crippen molar-refractivity contribution in [2.45, 2.75) is 329 Å². The number of ether oxygens (including phenoxy) is 3. The van der Waals surface area contributed by atoms with E-state index in [1.54, 1.807) is 0 Å². The lowest BCUT2D eigenvalue weighted by Crippen LogP contribution is -2.30. The zero-order chi connectivity index (χ0) is 56.4. The lowest BCUT2D eigenvalue weighted by atomic mass is 10.0. The summed E-state index contributed by atoms with van der Waals surface area (Å²) in [6, 6.07) is 0. The molecule has 0 saturated carbocycles. The number of allylic oxidation sites excluding steroid dienone is 16. The van der Waals surface area contributed by atoms with Crippen LogP contribution in [0, 0.1) is 0 Å². The second-order valence-electron chi connectivity index (χ2n) is 22.0. The van der Waals surface area contributed by atoms with Gasteiger partial charge in [0.15, 0.2) is 6.10 Å². The van der Waals surface area contributed by atoms with Crippen molar-refractivity contribution in [1.82, 2.24) is 0 Å². The van der Waals surface area contributed by atoms with Gasteiger partial charge in [0.1, 0.15) is 13.2 Å². The number of carbonyl (C=O) groups excluding carboxylic acids is 3. The van der Waals surface area contributed by atoms with Gasteiger partial charge in [0, 0.05) is 19.3 Å². The van der Waals surface area contributed by atoms with Crippen LogP contribution >= 0.6 is 0 Å². The highest BCUT2D eigenvalue weighted by Crippen LogP contribution is 2.17. The fraction of sp³-hybridized carbons (Fsp3) is 0.736. The van der Waals surface area contributed by atoms with Crippen molar-refractivity contribution in [2.24, 2.45) is 0 Å². The highest BCUT2D eigenvalue weighted by Gasteiger charge is 2.19. The number of esters is 3. The van der Waals surface area contributed by atoms with E-state index >= 15 is 0 Å². The third-order valence-electron chi connectivity index (χ3n) is 14.3. The van der Waals surface area contributed by atoms with Gasteiger partial charge in [-0.3, -0.25) is 14.4 Å². The molecule has 0 amide bonds. The van der Waals surface area contributed by atoms with Gasteiger partial charge in [-0.05, 0) is 103 Å². The highest BCUT2D eigenvalue weighted by atomic mass is 16.6. The smallest absolute Gasteiger partial charge is 0.306 e. The number of hydrogen-bond acceptors (Lipinski definition) is 6. The Morgan fingerprint density at radius 2 is 0.500 bits per heavy atom. The van der Waals surface area contributed by atoms with E-state index < -0.39 is 6.10 Å². The normalized spacial score (nSPS) is 12.7. The maximum absolute atomic E-state index is 12.9. The van der Waals surface area contributed by atoms with Gasteiger partial charge in [-0.25, -0.2) is 0 Å². The van der Waals surface area contributed by atoms with Crippen LogP contribution in [-0.2, 0) is 28.6 Å². The van der Waals surface area contributed by atoms with Crippen LogP contribution in [0.4, 0.5) is 0 Å². The Morgan fingerprint density at radius 3 is 0.782 bits per heavy atom. The van der Waals surface area contributed by atoms with Crippen LogP contribution in [0.25, 0.3) is 0 Å². The molecule has 0 saturated heterocycles. The second kappa shape index (κ2) is 65.8. The van der Waals surface area contributed by atoms with E-state index in [1.807, 2.05) is 0 Å². The van der Waals surface area contributed by atoms with Crippen molar-refractivity contribution in [3.8, 4) is 0 Å². The fourth-order valence-electron chi connectivity index (χ4n) is 9.36. The third kappa shape index (κ3) is 63.2. The minimum atomic E-state index is -0.781. The molecule has 0 heterocycles. The Kier molecular flexibility index (Phi) is 62.7. The topological polar surface area (TPSA) is 78.9 Å². The molecule has 0 aliphatic rings. The predicted octanol–water partition coefficient (Wildman–Crippen LogP) is 22.8. The fourth-order valence-corrected chi connectivity index (χ4v) is 9.36. The summed E-state index contributed by atoms with van der Waals surface area (Å²) in [4.78, 5) is 38.0. The maximum atomic E-state index is 12.9. The molecule has 0 N–H and O–H groups in total. The molecule has 1 unspecified atom stereocenters. The lowest BCUT2D eigenvalue weighted by molar-refractivity contribution is -0.167. The maximum Gasteiger partial charge on any atom is 0.306 e. The molecule has 0 spiro atoms. The average Bonchev–Trinajstić information content (AvgIpc) is 3.44. The summed E-state index contributed by atoms with van der Waals surface area (Å²) in [7, 11) is 0. The first kappa shape index (κ1) is 74.3. The average molecular weight is 1090 g/mol. The van der Waals surface area contributed by atoms with E-state index in [0.717, 1.165) is 109 Å². The quantitative estimate of drug-likeness (QED) is 0.0261. The predicted molar refractivity (Wildman–Crippen MR) is 339 cm³/mol. The van der Waals surface area contributed by atoms with Crippen molar-refractivity contribution >= 4 is 17.9 Å². The Balaban J connectivity index is 4.06. The highest BCUT2D eigenvalue weighted by molar-refractivity contribution is 5.71. The zero-order valence-electron chi connectivity index (χ0n) is 51.4. The largest absolute Gasteiger partial charge is 0.462 e. The van der Waals surface area contributed by atoms with Crippen molar-refractivity contribution in [2.75, 3.05) is 13.2 Å². The molecular weight excluding hydrogens is 961 g/mol. The van der Waals surface area contributed by atoms with Crippen LogP contribution in [-0.4, -0.2) is 37.2 Å². The summed E-state index contributed by atoms with van der Waals surface area (Å²) >= 11 is 0. The minimum absolute atomic E-state index is 0.0800. The molecule has 0 aromatic rings. The van der Waals surface area contributed by atoms with Crippen LogP contribution in [0.15, 0.2) is 97.2 Å². The van der Waals surface area contributed by atoms with Gasteiger partial charge in [-0.1, -0.05) is 298 Å². The van der Waals surface area contributed by atoms with Crippen molar-refractivity contribution in [1.29, 1.82) is 0 Å². The van der Waals surface area contributed by atoms with E-state index in [9.17, 15) is 14.4 Å². The molecule has 0 rings (SSSR count). The molecular formula is C72H124O6. The molecule has 0 aromatic carbocycles. The van der Waals surface area contributed by atoms with Crippen LogP contribution in [0.1, 0.15) is 323 Å². The monoisotopic (exact) mass is 1080 g/mol. The second-order valence-corrected chi connectivity index (χ2v) is 22.0. The SMILES string of the molecule is CC/C=C\C/C=C\C/C=C\C/C=C\C/C=C\CCCCCCCCCC(=O)OC(COC(=O)CCCCCCCC)COC(=O)CCCCCCCCCCCCCCCCCC/C=C\C/C=C\C/C=C\CCCCCCC. The molecule has 0 aromatic heterocycles. The Bertz CT molecular complexity index is 1530. The molecule has 6 nitrogen and oxygen atoms in total. The van der Waals surface area contributed by atoms with Crippen molar-refractivity contribution < 1.29 is 28.6 Å². The zero-order valence-corrected chi connectivity index (χ0v) is 51.4. The van der Waals surface area contributed by atoms with Gasteiger partial charge in [-0.15, -0.1) is 0 Å². The summed E-state index contributed by atoms with van der Waals surface area (Å²) in [5, 5.41) is 0. The van der Waals surface area contributed by atoms with Gasteiger partial charge in [-0.2, -0.15) is 0 Å². The van der Waals surface area contributed by atoms with Crippen LogP contribution < -0.4 is 0 Å².